The Kier molecular flexibility index (Phi) is 3.71. The van der Waals surface area contributed by atoms with Gasteiger partial charge in [-0.3, -0.25) is 0 Å². The van der Waals surface area contributed by atoms with Gasteiger partial charge in [-0.15, -0.1) is 0 Å². The Labute approximate surface area is 85.5 Å². The van der Waals surface area contributed by atoms with E-state index in [-0.39, 0.29) is 18.4 Å². The van der Waals surface area contributed by atoms with Crippen LogP contribution in [0.4, 0.5) is 0 Å². The molecule has 0 aliphatic heterocycles. The van der Waals surface area contributed by atoms with Gasteiger partial charge in [-0.1, -0.05) is 6.07 Å². The minimum absolute atomic E-state index is 0.0354. The third-order valence-corrected chi connectivity index (χ3v) is 2.54. The molecule has 1 rings (SSSR count). The number of hydrogen-bond donors (Lipinski definition) is 3. The topological polar surface area (TPSA) is 52.5 Å². The van der Waals surface area contributed by atoms with E-state index in [2.05, 4.69) is 21.2 Å². The summed E-state index contributed by atoms with van der Waals surface area (Å²) in [6.45, 7) is 0.0354. The Morgan fingerprint density at radius 2 is 2.23 bits per heavy atom. The summed E-state index contributed by atoms with van der Waals surface area (Å²) in [5.41, 5.74) is 0.940. The lowest BCUT2D eigenvalue weighted by Crippen LogP contribution is -2.19. The van der Waals surface area contributed by atoms with Crippen molar-refractivity contribution in [3.63, 3.8) is 0 Å². The van der Waals surface area contributed by atoms with E-state index in [1.807, 2.05) is 0 Å². The highest BCUT2D eigenvalue weighted by atomic mass is 79.9. The lowest BCUT2D eigenvalue weighted by molar-refractivity contribution is 0.251. The number of phenols is 1. The van der Waals surface area contributed by atoms with Crippen molar-refractivity contribution in [1.82, 2.24) is 5.32 Å². The third kappa shape index (κ3) is 2.43. The van der Waals surface area contributed by atoms with Crippen LogP contribution in [-0.4, -0.2) is 23.9 Å². The molecule has 0 fully saturated rings. The third-order valence-electron chi connectivity index (χ3n) is 1.91. The first-order valence-corrected chi connectivity index (χ1v) is 4.75. The van der Waals surface area contributed by atoms with Gasteiger partial charge in [0.1, 0.15) is 5.75 Å². The first kappa shape index (κ1) is 10.5. The summed E-state index contributed by atoms with van der Waals surface area (Å²) in [4.78, 5) is 0. The molecule has 1 atom stereocenters. The summed E-state index contributed by atoms with van der Waals surface area (Å²) in [5.74, 6) is 0.205. The summed E-state index contributed by atoms with van der Waals surface area (Å²) >= 11 is 3.21. The van der Waals surface area contributed by atoms with E-state index in [0.29, 0.717) is 4.47 Å². The maximum absolute atomic E-state index is 9.24. The predicted molar refractivity (Wildman–Crippen MR) is 54.7 cm³/mol. The van der Waals surface area contributed by atoms with Crippen molar-refractivity contribution in [2.45, 2.75) is 6.04 Å². The molecule has 0 aliphatic carbocycles. The normalized spacial score (nSPS) is 12.8. The average Bonchev–Trinajstić information content (AvgIpc) is 2.13. The van der Waals surface area contributed by atoms with Gasteiger partial charge < -0.3 is 15.5 Å². The number of rotatable bonds is 3. The smallest absolute Gasteiger partial charge is 0.129 e. The lowest BCUT2D eigenvalue weighted by atomic mass is 10.1. The van der Waals surface area contributed by atoms with Gasteiger partial charge >= 0.3 is 0 Å². The molecule has 0 bridgehead atoms. The van der Waals surface area contributed by atoms with Crippen molar-refractivity contribution in [1.29, 1.82) is 0 Å². The Morgan fingerprint density at radius 1 is 1.54 bits per heavy atom. The fourth-order valence-corrected chi connectivity index (χ4v) is 1.50. The largest absolute Gasteiger partial charge is 0.507 e. The van der Waals surface area contributed by atoms with E-state index >= 15 is 0 Å². The molecule has 0 amide bonds. The van der Waals surface area contributed by atoms with Crippen molar-refractivity contribution in [3.05, 3.63) is 28.2 Å². The fraction of sp³-hybridized carbons (Fsp3) is 0.333. The van der Waals surface area contributed by atoms with Crippen LogP contribution in [0.2, 0.25) is 0 Å². The lowest BCUT2D eigenvalue weighted by Gasteiger charge is -2.13. The molecule has 0 saturated heterocycles. The van der Waals surface area contributed by atoms with Gasteiger partial charge in [0.15, 0.2) is 0 Å². The van der Waals surface area contributed by atoms with Gasteiger partial charge in [0.25, 0.3) is 0 Å². The molecule has 3 nitrogen and oxygen atoms in total. The number of benzene rings is 1. The monoisotopic (exact) mass is 245 g/mol. The van der Waals surface area contributed by atoms with Crippen molar-refractivity contribution < 1.29 is 10.2 Å². The predicted octanol–water partition coefficient (Wildman–Crippen LogP) is 1.41. The van der Waals surface area contributed by atoms with Crippen molar-refractivity contribution in [3.8, 4) is 5.75 Å². The van der Waals surface area contributed by atoms with Gasteiger partial charge in [-0.05, 0) is 40.7 Å². The van der Waals surface area contributed by atoms with Crippen LogP contribution in [0.5, 0.6) is 5.75 Å². The van der Waals surface area contributed by atoms with E-state index < -0.39 is 0 Å². The van der Waals surface area contributed by atoms with Crippen LogP contribution in [0.1, 0.15) is 11.6 Å². The molecule has 0 saturated carbocycles. The maximum Gasteiger partial charge on any atom is 0.129 e. The van der Waals surface area contributed by atoms with Crippen LogP contribution in [0.15, 0.2) is 22.7 Å². The maximum atomic E-state index is 9.24. The van der Waals surface area contributed by atoms with Gasteiger partial charge in [0.05, 0.1) is 17.1 Å². The van der Waals surface area contributed by atoms with Gasteiger partial charge in [0, 0.05) is 0 Å². The second-order valence-electron chi connectivity index (χ2n) is 2.73. The molecule has 0 aromatic heterocycles. The van der Waals surface area contributed by atoms with Crippen LogP contribution < -0.4 is 5.32 Å². The van der Waals surface area contributed by atoms with Crippen LogP contribution >= 0.6 is 15.9 Å². The SMILES string of the molecule is CN[C@H](CO)c1ccc(O)c(Br)c1. The molecule has 0 unspecified atom stereocenters. The number of halogens is 1. The highest BCUT2D eigenvalue weighted by Crippen LogP contribution is 2.26. The zero-order valence-electron chi connectivity index (χ0n) is 7.29. The molecule has 0 radical (unpaired) electrons. The number of aliphatic hydroxyl groups is 1. The Morgan fingerprint density at radius 3 is 2.69 bits per heavy atom. The molecule has 3 N–H and O–H groups in total. The van der Waals surface area contributed by atoms with Crippen LogP contribution in [-0.2, 0) is 0 Å². The number of phenolic OH excluding ortho intramolecular Hbond substituents is 1. The molecule has 1 aromatic carbocycles. The molecule has 4 heteroatoms. The standard InChI is InChI=1S/C9H12BrNO2/c1-11-8(5-12)6-2-3-9(13)7(10)4-6/h2-4,8,11-13H,5H2,1H3/t8-/m1/s1. The first-order valence-electron chi connectivity index (χ1n) is 3.95. The first-order chi connectivity index (χ1) is 6.19. The van der Waals surface area contributed by atoms with Crippen molar-refractivity contribution in [2.75, 3.05) is 13.7 Å². The van der Waals surface area contributed by atoms with Crippen LogP contribution in [0, 0.1) is 0 Å². The molecule has 72 valence electrons. The summed E-state index contributed by atoms with van der Waals surface area (Å²) in [6, 6.07) is 5.07. The number of hydrogen-bond acceptors (Lipinski definition) is 3. The summed E-state index contributed by atoms with van der Waals surface area (Å²) in [7, 11) is 1.78. The minimum atomic E-state index is -0.0862. The minimum Gasteiger partial charge on any atom is -0.507 e. The van der Waals surface area contributed by atoms with Crippen LogP contribution in [0.3, 0.4) is 0 Å². The molecule has 0 spiro atoms. The number of likely N-dealkylation sites (N-methyl/N-ethyl adjacent to an activating group) is 1. The van der Waals surface area contributed by atoms with Gasteiger partial charge in [-0.2, -0.15) is 0 Å². The zero-order chi connectivity index (χ0) is 9.84. The molecule has 1 aromatic rings. The molecule has 0 aliphatic rings. The Bertz CT molecular complexity index is 287. The summed E-state index contributed by atoms with van der Waals surface area (Å²) in [6.07, 6.45) is 0. The quantitative estimate of drug-likeness (QED) is 0.755. The Hall–Kier alpha value is -0.580. The van der Waals surface area contributed by atoms with E-state index in [1.54, 1.807) is 25.2 Å². The van der Waals surface area contributed by atoms with Gasteiger partial charge in [-0.25, -0.2) is 0 Å². The number of nitrogens with one attached hydrogen (secondary N) is 1. The fourth-order valence-electron chi connectivity index (χ4n) is 1.10. The van der Waals surface area contributed by atoms with Crippen molar-refractivity contribution >= 4 is 15.9 Å². The highest BCUT2D eigenvalue weighted by Gasteiger charge is 2.08. The number of aliphatic hydroxyl groups excluding tert-OH is 1. The summed E-state index contributed by atoms with van der Waals surface area (Å²) < 4.78 is 0.638. The molecular formula is C9H12BrNO2. The molecule has 13 heavy (non-hydrogen) atoms. The van der Waals surface area contributed by atoms with E-state index in [1.165, 1.54) is 0 Å². The van der Waals surface area contributed by atoms with E-state index in [4.69, 9.17) is 5.11 Å². The van der Waals surface area contributed by atoms with E-state index in [9.17, 15) is 5.11 Å². The van der Waals surface area contributed by atoms with Gasteiger partial charge in [0.2, 0.25) is 0 Å². The highest BCUT2D eigenvalue weighted by molar-refractivity contribution is 9.10. The average molecular weight is 246 g/mol. The Balaban J connectivity index is 2.95. The summed E-state index contributed by atoms with van der Waals surface area (Å²) in [5, 5.41) is 21.2. The molecule has 0 heterocycles. The second-order valence-corrected chi connectivity index (χ2v) is 3.59. The van der Waals surface area contributed by atoms with Crippen LogP contribution in [0.25, 0.3) is 0 Å². The van der Waals surface area contributed by atoms with Crippen molar-refractivity contribution in [2.24, 2.45) is 0 Å². The van der Waals surface area contributed by atoms with E-state index in [0.717, 1.165) is 5.56 Å². The number of aromatic hydroxyl groups is 1. The second kappa shape index (κ2) is 4.60. The molecular weight excluding hydrogens is 234 g/mol. The zero-order valence-corrected chi connectivity index (χ0v) is 8.87.